The zero-order valence-electron chi connectivity index (χ0n) is 14.7. The summed E-state index contributed by atoms with van der Waals surface area (Å²) in [6.45, 7) is 2.14. The van der Waals surface area contributed by atoms with E-state index in [1.807, 2.05) is 29.7 Å². The number of ketones is 1. The van der Waals surface area contributed by atoms with Crippen LogP contribution in [0.15, 0.2) is 29.3 Å². The summed E-state index contributed by atoms with van der Waals surface area (Å²) < 4.78 is 15.7. The average molecular weight is 374 g/mol. The van der Waals surface area contributed by atoms with Crippen LogP contribution in [0.5, 0.6) is 0 Å². The lowest BCUT2D eigenvalue weighted by Crippen LogP contribution is -2.30. The van der Waals surface area contributed by atoms with Crippen molar-refractivity contribution in [3.63, 3.8) is 0 Å². The molecule has 6 nitrogen and oxygen atoms in total. The number of hydrogen-bond acceptors (Lipinski definition) is 5. The highest BCUT2D eigenvalue weighted by Crippen LogP contribution is 2.38. The summed E-state index contributed by atoms with van der Waals surface area (Å²) in [4.78, 5) is 30.5. The van der Waals surface area contributed by atoms with Gasteiger partial charge in [0.25, 0.3) is 11.7 Å². The first kappa shape index (κ1) is 18.2. The fourth-order valence-corrected chi connectivity index (χ4v) is 3.88. The van der Waals surface area contributed by atoms with Crippen molar-refractivity contribution in [3.05, 3.63) is 46.9 Å². The number of anilines is 1. The molecule has 0 aliphatic carbocycles. The Morgan fingerprint density at radius 3 is 2.69 bits per heavy atom. The van der Waals surface area contributed by atoms with E-state index < -0.39 is 11.7 Å². The van der Waals surface area contributed by atoms with Crippen LogP contribution in [0.3, 0.4) is 0 Å². The van der Waals surface area contributed by atoms with Crippen LogP contribution in [-0.4, -0.2) is 34.7 Å². The standard InChI is InChI=1S/C18H19FN4O2S/c1-4-13-14(15(24)16(20)25)12-9-21-18(26-3)22(2)17(12)23(13)11-7-5-6-10(19)8-11/h5-8H,4,9H2,1-3H3,(H2,20,25). The summed E-state index contributed by atoms with van der Waals surface area (Å²) in [5, 5.41) is 0.772. The number of halogens is 1. The van der Waals surface area contributed by atoms with E-state index in [0.29, 0.717) is 29.2 Å². The maximum Gasteiger partial charge on any atom is 0.289 e. The van der Waals surface area contributed by atoms with E-state index in [1.54, 1.807) is 12.1 Å². The molecule has 0 atom stereocenters. The van der Waals surface area contributed by atoms with Gasteiger partial charge in [-0.2, -0.15) is 0 Å². The molecule has 1 aliphatic heterocycles. The number of fused-ring (bicyclic) bond motifs is 1. The number of nitrogens with two attached hydrogens (primary N) is 1. The minimum absolute atomic E-state index is 0.263. The van der Waals surface area contributed by atoms with Crippen molar-refractivity contribution in [2.24, 2.45) is 10.7 Å². The number of amides is 1. The molecule has 0 spiro atoms. The van der Waals surface area contributed by atoms with Gasteiger partial charge in [-0.25, -0.2) is 4.39 Å². The highest BCUT2D eigenvalue weighted by molar-refractivity contribution is 8.13. The molecule has 2 aromatic rings. The fraction of sp³-hybridized carbons (Fsp3) is 0.278. The molecule has 1 amide bonds. The van der Waals surface area contributed by atoms with Gasteiger partial charge < -0.3 is 10.6 Å². The van der Waals surface area contributed by atoms with Crippen LogP contribution in [0.25, 0.3) is 5.69 Å². The minimum Gasteiger partial charge on any atom is -0.363 e. The Kier molecular flexibility index (Phi) is 4.86. The number of carbonyl (C=O) groups is 2. The Labute approximate surface area is 154 Å². The maximum atomic E-state index is 13.9. The van der Waals surface area contributed by atoms with E-state index >= 15 is 0 Å². The highest BCUT2D eigenvalue weighted by atomic mass is 32.2. The predicted octanol–water partition coefficient (Wildman–Crippen LogP) is 2.52. The largest absolute Gasteiger partial charge is 0.363 e. The molecule has 1 aromatic carbocycles. The van der Waals surface area contributed by atoms with Gasteiger partial charge in [0.15, 0.2) is 5.17 Å². The van der Waals surface area contributed by atoms with Gasteiger partial charge in [0.2, 0.25) is 0 Å². The van der Waals surface area contributed by atoms with Gasteiger partial charge in [-0.3, -0.25) is 19.1 Å². The second kappa shape index (κ2) is 6.95. The monoisotopic (exact) mass is 374 g/mol. The Morgan fingerprint density at radius 2 is 2.12 bits per heavy atom. The summed E-state index contributed by atoms with van der Waals surface area (Å²) in [5.41, 5.74) is 7.38. The number of aliphatic imine (C=N–C) groups is 1. The number of nitrogens with zero attached hydrogens (tertiary/aromatic N) is 3. The SMILES string of the molecule is CCc1c(C(=O)C(N)=O)c2c(n1-c1cccc(F)c1)N(C)C(SC)=NC2. The zero-order chi connectivity index (χ0) is 19.0. The van der Waals surface area contributed by atoms with E-state index in [9.17, 15) is 14.0 Å². The van der Waals surface area contributed by atoms with E-state index in [-0.39, 0.29) is 17.9 Å². The molecule has 0 fully saturated rings. The first-order valence-corrected chi connectivity index (χ1v) is 9.31. The number of rotatable bonds is 4. The summed E-state index contributed by atoms with van der Waals surface area (Å²) in [6.07, 6.45) is 2.38. The van der Waals surface area contributed by atoms with Gasteiger partial charge in [-0.05, 0) is 30.9 Å². The van der Waals surface area contributed by atoms with E-state index in [2.05, 4.69) is 4.99 Å². The molecule has 1 aliphatic rings. The number of primary amides is 1. The van der Waals surface area contributed by atoms with Crippen molar-refractivity contribution in [3.8, 4) is 5.69 Å². The summed E-state index contributed by atoms with van der Waals surface area (Å²) in [5.74, 6) is -1.44. The number of thioether (sulfide) groups is 1. The van der Waals surface area contributed by atoms with Gasteiger partial charge in [-0.1, -0.05) is 24.8 Å². The normalized spacial score (nSPS) is 13.4. The van der Waals surface area contributed by atoms with Crippen LogP contribution in [0.4, 0.5) is 10.2 Å². The van der Waals surface area contributed by atoms with Gasteiger partial charge in [0, 0.05) is 18.3 Å². The van der Waals surface area contributed by atoms with Crippen LogP contribution in [0, 0.1) is 5.82 Å². The van der Waals surface area contributed by atoms with Crippen LogP contribution >= 0.6 is 11.8 Å². The second-order valence-corrected chi connectivity index (χ2v) is 6.62. The van der Waals surface area contributed by atoms with Crippen molar-refractivity contribution in [1.82, 2.24) is 4.57 Å². The molecule has 0 unspecified atom stereocenters. The maximum absolute atomic E-state index is 13.9. The third-order valence-electron chi connectivity index (χ3n) is 4.35. The molecule has 26 heavy (non-hydrogen) atoms. The molecular formula is C18H19FN4O2S. The lowest BCUT2D eigenvalue weighted by molar-refractivity contribution is -0.114. The first-order chi connectivity index (χ1) is 12.4. The molecule has 8 heteroatoms. The minimum atomic E-state index is -1.01. The quantitative estimate of drug-likeness (QED) is 0.659. The molecule has 2 N–H and O–H groups in total. The zero-order valence-corrected chi connectivity index (χ0v) is 15.6. The Hall–Kier alpha value is -2.61. The molecule has 0 radical (unpaired) electrons. The number of aromatic nitrogens is 1. The third kappa shape index (κ3) is 2.80. The lowest BCUT2D eigenvalue weighted by Gasteiger charge is -2.27. The second-order valence-electron chi connectivity index (χ2n) is 5.85. The Morgan fingerprint density at radius 1 is 1.38 bits per heavy atom. The number of carbonyl (C=O) groups excluding carboxylic acids is 2. The molecule has 0 saturated carbocycles. The Bertz CT molecular complexity index is 936. The van der Waals surface area contributed by atoms with Crippen molar-refractivity contribution >= 4 is 34.4 Å². The molecule has 2 heterocycles. The van der Waals surface area contributed by atoms with Gasteiger partial charge >= 0.3 is 0 Å². The van der Waals surface area contributed by atoms with Crippen molar-refractivity contribution < 1.29 is 14.0 Å². The summed E-state index contributed by atoms with van der Waals surface area (Å²) in [6, 6.07) is 6.13. The number of Topliss-reactive ketones (excluding diaryl/α,β-unsaturated/α-hetero) is 1. The predicted molar refractivity (Wildman–Crippen MR) is 102 cm³/mol. The lowest BCUT2D eigenvalue weighted by atomic mass is 10.0. The summed E-state index contributed by atoms with van der Waals surface area (Å²) >= 11 is 1.47. The van der Waals surface area contributed by atoms with E-state index in [1.165, 1.54) is 23.9 Å². The summed E-state index contributed by atoms with van der Waals surface area (Å²) in [7, 11) is 1.83. The van der Waals surface area contributed by atoms with Crippen molar-refractivity contribution in [2.45, 2.75) is 19.9 Å². The van der Waals surface area contributed by atoms with Gasteiger partial charge in [0.1, 0.15) is 11.6 Å². The van der Waals surface area contributed by atoms with E-state index in [0.717, 1.165) is 5.17 Å². The fourth-order valence-electron chi connectivity index (χ4n) is 3.33. The molecule has 3 rings (SSSR count). The number of hydrogen-bond donors (Lipinski definition) is 1. The molecular weight excluding hydrogens is 355 g/mol. The third-order valence-corrected chi connectivity index (χ3v) is 5.12. The van der Waals surface area contributed by atoms with Crippen LogP contribution in [0.1, 0.15) is 28.5 Å². The van der Waals surface area contributed by atoms with Crippen LogP contribution in [-0.2, 0) is 17.8 Å². The highest BCUT2D eigenvalue weighted by Gasteiger charge is 2.33. The Balaban J connectivity index is 2.37. The smallest absolute Gasteiger partial charge is 0.289 e. The first-order valence-electron chi connectivity index (χ1n) is 8.09. The van der Waals surface area contributed by atoms with Crippen molar-refractivity contribution in [2.75, 3.05) is 18.2 Å². The van der Waals surface area contributed by atoms with Gasteiger partial charge in [-0.15, -0.1) is 0 Å². The molecule has 1 aromatic heterocycles. The van der Waals surface area contributed by atoms with Gasteiger partial charge in [0.05, 0.1) is 17.8 Å². The molecule has 0 saturated heterocycles. The van der Waals surface area contributed by atoms with E-state index in [4.69, 9.17) is 5.73 Å². The average Bonchev–Trinajstić information content (AvgIpc) is 2.96. The van der Waals surface area contributed by atoms with Crippen LogP contribution in [0.2, 0.25) is 0 Å². The molecule has 0 bridgehead atoms. The number of benzene rings is 1. The topological polar surface area (TPSA) is 80.7 Å². The van der Waals surface area contributed by atoms with Crippen molar-refractivity contribution in [1.29, 1.82) is 0 Å². The number of amidine groups is 1. The van der Waals surface area contributed by atoms with Crippen LogP contribution < -0.4 is 10.6 Å². The molecule has 136 valence electrons.